The number of hydroxylamine groups is 2. The van der Waals surface area contributed by atoms with Gasteiger partial charge in [-0.2, -0.15) is 0 Å². The molecule has 2 aromatic rings. The summed E-state index contributed by atoms with van der Waals surface area (Å²) in [4.78, 5) is 33.6. The number of rotatable bonds is 6. The van der Waals surface area contributed by atoms with E-state index < -0.39 is 11.9 Å². The number of likely N-dealkylation sites (N-methyl/N-ethyl adjacent to an activating group) is 1. The predicted octanol–water partition coefficient (Wildman–Crippen LogP) is 1.44. The lowest BCUT2D eigenvalue weighted by atomic mass is 10.0. The highest BCUT2D eigenvalue weighted by molar-refractivity contribution is 5.95. The number of nitrogens with zero attached hydrogens (tertiary/aromatic N) is 2. The molecule has 0 bridgehead atoms. The Morgan fingerprint density at radius 3 is 2.48 bits per heavy atom. The van der Waals surface area contributed by atoms with Gasteiger partial charge in [0.15, 0.2) is 0 Å². The molecule has 1 N–H and O–H groups in total. The Morgan fingerprint density at radius 1 is 1.17 bits per heavy atom. The third-order valence-electron chi connectivity index (χ3n) is 3.37. The van der Waals surface area contributed by atoms with Crippen LogP contribution < -0.4 is 5.32 Å². The maximum absolute atomic E-state index is 12.4. The average Bonchev–Trinajstić information content (AvgIpc) is 2.61. The number of amides is 2. The minimum atomic E-state index is -0.739. The van der Waals surface area contributed by atoms with Gasteiger partial charge < -0.3 is 5.32 Å². The third kappa shape index (κ3) is 4.62. The second-order valence-electron chi connectivity index (χ2n) is 4.95. The summed E-state index contributed by atoms with van der Waals surface area (Å²) in [6, 6.07) is 13.8. The molecule has 1 unspecified atom stereocenters. The van der Waals surface area contributed by atoms with E-state index in [1.165, 1.54) is 20.4 Å². The summed E-state index contributed by atoms with van der Waals surface area (Å²) < 4.78 is 0. The molecule has 0 aliphatic carbocycles. The van der Waals surface area contributed by atoms with Gasteiger partial charge in [0.2, 0.25) is 0 Å². The van der Waals surface area contributed by atoms with Crippen molar-refractivity contribution in [2.24, 2.45) is 0 Å². The molecule has 0 radical (unpaired) electrons. The molecule has 120 valence electrons. The van der Waals surface area contributed by atoms with Crippen molar-refractivity contribution in [3.63, 3.8) is 0 Å². The van der Waals surface area contributed by atoms with Crippen molar-refractivity contribution in [1.29, 1.82) is 0 Å². The molecular formula is C17H19N3O3. The summed E-state index contributed by atoms with van der Waals surface area (Å²) in [5.74, 6) is -0.731. The van der Waals surface area contributed by atoms with Gasteiger partial charge in [0.05, 0.1) is 7.11 Å². The van der Waals surface area contributed by atoms with Gasteiger partial charge in [-0.25, -0.2) is 5.06 Å². The first-order valence-electron chi connectivity index (χ1n) is 7.19. The average molecular weight is 313 g/mol. The molecule has 0 fully saturated rings. The van der Waals surface area contributed by atoms with E-state index in [9.17, 15) is 9.59 Å². The van der Waals surface area contributed by atoms with Crippen LogP contribution in [0.3, 0.4) is 0 Å². The molecule has 6 heteroatoms. The molecule has 2 rings (SSSR count). The molecule has 23 heavy (non-hydrogen) atoms. The van der Waals surface area contributed by atoms with Crippen LogP contribution in [0.5, 0.6) is 0 Å². The molecule has 0 aliphatic rings. The Bertz CT molecular complexity index is 647. The fourth-order valence-corrected chi connectivity index (χ4v) is 2.09. The van der Waals surface area contributed by atoms with Crippen molar-refractivity contribution in [3.8, 4) is 0 Å². The third-order valence-corrected chi connectivity index (χ3v) is 3.37. The Balaban J connectivity index is 2.16. The molecule has 0 aliphatic heterocycles. The van der Waals surface area contributed by atoms with E-state index in [1.54, 1.807) is 18.2 Å². The first-order valence-corrected chi connectivity index (χ1v) is 7.19. The Hall–Kier alpha value is -2.73. The van der Waals surface area contributed by atoms with Crippen LogP contribution in [0.1, 0.15) is 16.1 Å². The molecule has 1 heterocycles. The lowest BCUT2D eigenvalue weighted by Crippen LogP contribution is -2.48. The highest BCUT2D eigenvalue weighted by atomic mass is 16.7. The van der Waals surface area contributed by atoms with Gasteiger partial charge in [0, 0.05) is 19.7 Å². The van der Waals surface area contributed by atoms with Crippen molar-refractivity contribution < 1.29 is 14.4 Å². The van der Waals surface area contributed by atoms with Gasteiger partial charge in [0.25, 0.3) is 11.8 Å². The van der Waals surface area contributed by atoms with E-state index in [0.29, 0.717) is 6.42 Å². The van der Waals surface area contributed by atoms with Crippen molar-refractivity contribution >= 4 is 11.8 Å². The highest BCUT2D eigenvalue weighted by Gasteiger charge is 2.25. The number of carbonyl (C=O) groups is 2. The molecule has 6 nitrogen and oxygen atoms in total. The topological polar surface area (TPSA) is 71.5 Å². The quantitative estimate of drug-likeness (QED) is 0.819. The van der Waals surface area contributed by atoms with Gasteiger partial charge in [-0.05, 0) is 17.7 Å². The van der Waals surface area contributed by atoms with Crippen molar-refractivity contribution in [2.45, 2.75) is 12.5 Å². The monoisotopic (exact) mass is 313 g/mol. The van der Waals surface area contributed by atoms with Gasteiger partial charge >= 0.3 is 0 Å². The first kappa shape index (κ1) is 16.6. The second-order valence-corrected chi connectivity index (χ2v) is 4.95. The number of hydrogen-bond acceptors (Lipinski definition) is 4. The predicted molar refractivity (Wildman–Crippen MR) is 85.4 cm³/mol. The summed E-state index contributed by atoms with van der Waals surface area (Å²) in [5, 5.41) is 3.83. The zero-order valence-electron chi connectivity index (χ0n) is 13.1. The van der Waals surface area contributed by atoms with Crippen LogP contribution in [-0.2, 0) is 16.1 Å². The van der Waals surface area contributed by atoms with Crippen LogP contribution in [0, 0.1) is 0 Å². The first-order chi connectivity index (χ1) is 11.1. The number of benzene rings is 1. The van der Waals surface area contributed by atoms with E-state index in [0.717, 1.165) is 10.6 Å². The summed E-state index contributed by atoms with van der Waals surface area (Å²) in [6.07, 6.45) is 1.90. The molecule has 1 aromatic carbocycles. The fourth-order valence-electron chi connectivity index (χ4n) is 2.09. The van der Waals surface area contributed by atoms with Crippen LogP contribution >= 0.6 is 0 Å². The number of carbonyl (C=O) groups excluding carboxylic acids is 2. The maximum Gasteiger partial charge on any atom is 0.270 e. The Kier molecular flexibility index (Phi) is 5.82. The van der Waals surface area contributed by atoms with E-state index in [-0.39, 0.29) is 11.6 Å². The van der Waals surface area contributed by atoms with Gasteiger partial charge in [-0.1, -0.05) is 36.4 Å². The molecule has 0 spiro atoms. The van der Waals surface area contributed by atoms with E-state index in [4.69, 9.17) is 4.84 Å². The van der Waals surface area contributed by atoms with Gasteiger partial charge in [-0.15, -0.1) is 0 Å². The highest BCUT2D eigenvalue weighted by Crippen LogP contribution is 2.07. The summed E-state index contributed by atoms with van der Waals surface area (Å²) in [7, 11) is 2.91. The zero-order valence-corrected chi connectivity index (χ0v) is 13.1. The number of hydrogen-bond donors (Lipinski definition) is 1. The Labute approximate surface area is 135 Å². The fraction of sp³-hybridized carbons (Fsp3) is 0.235. The van der Waals surface area contributed by atoms with Crippen LogP contribution in [-0.4, -0.2) is 42.1 Å². The minimum absolute atomic E-state index is 0.262. The van der Waals surface area contributed by atoms with Gasteiger partial charge in [0.1, 0.15) is 11.7 Å². The standard InChI is InChI=1S/C17H19N3O3/c1-20(23-2)17(22)15(12-13-8-4-3-5-9-13)19-16(21)14-10-6-7-11-18-14/h3-11,15H,12H2,1-2H3,(H,19,21). The number of nitrogens with one attached hydrogen (secondary N) is 1. The van der Waals surface area contributed by atoms with Crippen molar-refractivity contribution in [1.82, 2.24) is 15.4 Å². The van der Waals surface area contributed by atoms with Crippen LogP contribution in [0.2, 0.25) is 0 Å². The van der Waals surface area contributed by atoms with E-state index >= 15 is 0 Å². The molecule has 0 saturated carbocycles. The molecule has 0 saturated heterocycles. The molecule has 1 aromatic heterocycles. The smallest absolute Gasteiger partial charge is 0.270 e. The largest absolute Gasteiger partial charge is 0.338 e. The van der Waals surface area contributed by atoms with Crippen LogP contribution in [0.4, 0.5) is 0 Å². The van der Waals surface area contributed by atoms with Crippen molar-refractivity contribution in [2.75, 3.05) is 14.2 Å². The lowest BCUT2D eigenvalue weighted by molar-refractivity contribution is -0.170. The molecule has 1 atom stereocenters. The maximum atomic E-state index is 12.4. The molecule has 2 amide bonds. The lowest BCUT2D eigenvalue weighted by Gasteiger charge is -2.22. The minimum Gasteiger partial charge on any atom is -0.338 e. The second kappa shape index (κ2) is 8.05. The van der Waals surface area contributed by atoms with Crippen LogP contribution in [0.25, 0.3) is 0 Å². The normalized spacial score (nSPS) is 11.6. The summed E-state index contributed by atoms with van der Waals surface area (Å²) >= 11 is 0. The van der Waals surface area contributed by atoms with Crippen molar-refractivity contribution in [3.05, 3.63) is 66.0 Å². The van der Waals surface area contributed by atoms with Gasteiger partial charge in [-0.3, -0.25) is 19.4 Å². The zero-order chi connectivity index (χ0) is 16.7. The van der Waals surface area contributed by atoms with E-state index in [1.807, 2.05) is 30.3 Å². The SMILES string of the molecule is CON(C)C(=O)C(Cc1ccccc1)NC(=O)c1ccccn1. The Morgan fingerprint density at radius 2 is 1.87 bits per heavy atom. The van der Waals surface area contributed by atoms with E-state index in [2.05, 4.69) is 10.3 Å². The number of pyridine rings is 1. The number of aromatic nitrogens is 1. The summed E-state index contributed by atoms with van der Waals surface area (Å²) in [6.45, 7) is 0. The molecular weight excluding hydrogens is 294 g/mol. The van der Waals surface area contributed by atoms with Crippen LogP contribution in [0.15, 0.2) is 54.7 Å². The summed E-state index contributed by atoms with van der Waals surface area (Å²) in [5.41, 5.74) is 1.20.